The second-order valence-electron chi connectivity index (χ2n) is 20.2. The second kappa shape index (κ2) is 17.8. The number of rotatable bonds is 9. The van der Waals surface area contributed by atoms with E-state index >= 15 is 0 Å². The Hall–Kier alpha value is -6.63. The number of hydrogen-bond donors (Lipinski definition) is 0. The number of halogens is 2. The molecule has 0 spiro atoms. The number of unbranched alkanes of at least 4 members (excludes halogenated alkanes) is 1. The molecule has 9 aromatic carbocycles. The number of anilines is 6. The van der Waals surface area contributed by atoms with Gasteiger partial charge in [0.25, 0.3) is 13.4 Å². The van der Waals surface area contributed by atoms with Crippen molar-refractivity contribution in [3.63, 3.8) is 0 Å². The van der Waals surface area contributed by atoms with Crippen molar-refractivity contribution in [3.8, 4) is 46.0 Å². The Morgan fingerprint density at radius 1 is 0.458 bits per heavy atom. The number of aryl methyl sites for hydroxylation is 1. The molecule has 0 atom stereocenters. The minimum Gasteiger partial charge on any atom is -0.458 e. The van der Waals surface area contributed by atoms with Crippen molar-refractivity contribution in [1.29, 1.82) is 0 Å². The van der Waals surface area contributed by atoms with Crippen molar-refractivity contribution in [1.82, 2.24) is 0 Å². The molecule has 4 heterocycles. The normalized spacial score (nSPS) is 13.4. The van der Waals surface area contributed by atoms with Crippen LogP contribution in [0.25, 0.3) is 0 Å². The zero-order valence-electron chi connectivity index (χ0n) is 40.4. The van der Waals surface area contributed by atoms with E-state index < -0.39 is 0 Å². The van der Waals surface area contributed by atoms with Gasteiger partial charge in [-0.3, -0.25) is 0 Å². The molecule has 0 unspecified atom stereocenters. The first-order valence-electron chi connectivity index (χ1n) is 24.8. The summed E-state index contributed by atoms with van der Waals surface area (Å²) in [6.07, 6.45) is 3.38. The van der Waals surface area contributed by atoms with Crippen molar-refractivity contribution in [3.05, 3.63) is 200 Å². The Bertz CT molecular complexity index is 3600. The summed E-state index contributed by atoms with van der Waals surface area (Å²) in [6.45, 7) is 8.64. The topological polar surface area (TPSA) is 43.4 Å². The lowest BCUT2D eigenvalue weighted by atomic mass is 9.31. The highest BCUT2D eigenvalue weighted by Crippen LogP contribution is 2.48. The summed E-state index contributed by atoms with van der Waals surface area (Å²) in [6, 6.07) is 65.2. The SMILES string of the molecule is CCCCc1ccc(Oc2cc3c4c(c2)N(c2ccc(I)cc2)c2cc5c(cc2B4c2ccccc2O3)B2c3ccccc3Oc3cc(Oc4ccc(C(C)(C)C)cc4)cc(c32)N5c2ccc(I)cc2)cc1. The third-order valence-electron chi connectivity index (χ3n) is 14.5. The Labute approximate surface area is 449 Å². The molecular formula is C62H48B2I2N2O4. The van der Waals surface area contributed by atoms with Crippen LogP contribution < -0.4 is 61.5 Å². The number of nitrogens with zero attached hydrogens (tertiary/aromatic N) is 2. The molecule has 0 bridgehead atoms. The van der Waals surface area contributed by atoms with Gasteiger partial charge in [-0.15, -0.1) is 0 Å². The first kappa shape index (κ1) is 45.2. The van der Waals surface area contributed by atoms with E-state index in [1.165, 1.54) is 22.1 Å². The molecule has 0 saturated carbocycles. The summed E-state index contributed by atoms with van der Waals surface area (Å²) in [5.41, 5.74) is 15.7. The lowest BCUT2D eigenvalue weighted by Crippen LogP contribution is -2.63. The van der Waals surface area contributed by atoms with E-state index in [0.717, 1.165) is 117 Å². The molecule has 0 fully saturated rings. The van der Waals surface area contributed by atoms with Gasteiger partial charge in [0.05, 0.1) is 0 Å². The first-order chi connectivity index (χ1) is 35.1. The van der Waals surface area contributed by atoms with Crippen LogP contribution in [0.5, 0.6) is 46.0 Å². The van der Waals surface area contributed by atoms with Crippen LogP contribution in [0.3, 0.4) is 0 Å². The van der Waals surface area contributed by atoms with Crippen LogP contribution in [0.2, 0.25) is 0 Å². The maximum absolute atomic E-state index is 6.97. The van der Waals surface area contributed by atoms with E-state index in [1.807, 2.05) is 0 Å². The van der Waals surface area contributed by atoms with Crippen LogP contribution in [0.4, 0.5) is 34.1 Å². The molecule has 0 aromatic heterocycles. The van der Waals surface area contributed by atoms with Crippen molar-refractivity contribution >= 4 is 126 Å². The average molecular weight is 1160 g/mol. The monoisotopic (exact) mass is 1160 g/mol. The van der Waals surface area contributed by atoms with Crippen LogP contribution in [-0.4, -0.2) is 13.4 Å². The zero-order valence-corrected chi connectivity index (χ0v) is 44.7. The van der Waals surface area contributed by atoms with E-state index in [0.29, 0.717) is 11.5 Å². The standard InChI is InChI=1S/C62H48B2I2N2O4/c1-5-6-11-38-16-28-44(29-17-38)69-46-32-54-60-58(34-46)71-56-14-9-7-12-48(56)63(60)50-36-51-53(37-52(50)67(54)42-24-20-40(65)21-25-42)68(43-26-22-41(66)23-27-43)55-33-47(70-45-30-18-39(19-31-45)62(2,3)4)35-59-61(55)64(51)49-13-8-10-15-57(49)72-59/h7-10,12-37H,5-6,11H2,1-4H3. The number of benzene rings is 9. The van der Waals surface area contributed by atoms with Gasteiger partial charge in [-0.2, -0.15) is 0 Å². The fraction of sp³-hybridized carbons (Fsp3) is 0.129. The lowest BCUT2D eigenvalue weighted by molar-refractivity contribution is 0.462. The molecule has 4 aliphatic rings. The largest absolute Gasteiger partial charge is 0.458 e. The molecule has 0 aliphatic carbocycles. The summed E-state index contributed by atoms with van der Waals surface area (Å²) < 4.78 is 29.9. The highest BCUT2D eigenvalue weighted by atomic mass is 127. The van der Waals surface area contributed by atoms with E-state index in [4.69, 9.17) is 18.9 Å². The molecule has 0 radical (unpaired) electrons. The smallest absolute Gasteiger partial charge is 0.256 e. The minimum atomic E-state index is -0.146. The van der Waals surface area contributed by atoms with Gasteiger partial charge in [0.1, 0.15) is 46.0 Å². The zero-order chi connectivity index (χ0) is 48.8. The Balaban J connectivity index is 1.05. The van der Waals surface area contributed by atoms with E-state index in [9.17, 15) is 0 Å². The second-order valence-corrected chi connectivity index (χ2v) is 22.7. The fourth-order valence-electron chi connectivity index (χ4n) is 11.1. The Kier molecular flexibility index (Phi) is 11.2. The number of ether oxygens (including phenoxy) is 4. The lowest BCUT2D eigenvalue weighted by Gasteiger charge is -2.44. The highest BCUT2D eigenvalue weighted by Gasteiger charge is 2.47. The maximum Gasteiger partial charge on any atom is 0.256 e. The van der Waals surface area contributed by atoms with Gasteiger partial charge in [0, 0.05) is 65.5 Å². The van der Waals surface area contributed by atoms with Crippen LogP contribution >= 0.6 is 45.2 Å². The molecule has 6 nitrogen and oxygen atoms in total. The van der Waals surface area contributed by atoms with E-state index in [-0.39, 0.29) is 18.8 Å². The van der Waals surface area contributed by atoms with Crippen molar-refractivity contribution in [2.45, 2.75) is 52.4 Å². The maximum atomic E-state index is 6.97. The molecule has 350 valence electrons. The van der Waals surface area contributed by atoms with E-state index in [2.05, 4.69) is 265 Å². The summed E-state index contributed by atoms with van der Waals surface area (Å²) in [5, 5.41) is 0. The molecule has 0 N–H and O–H groups in total. The molecule has 13 rings (SSSR count). The van der Waals surface area contributed by atoms with Gasteiger partial charge in [-0.05, 0) is 198 Å². The fourth-order valence-corrected chi connectivity index (χ4v) is 11.8. The average Bonchev–Trinajstić information content (AvgIpc) is 3.38. The van der Waals surface area contributed by atoms with Gasteiger partial charge in [-0.25, -0.2) is 0 Å². The van der Waals surface area contributed by atoms with Crippen LogP contribution in [0, 0.1) is 7.14 Å². The minimum absolute atomic E-state index is 0.0229. The predicted molar refractivity (Wildman–Crippen MR) is 314 cm³/mol. The summed E-state index contributed by atoms with van der Waals surface area (Å²) in [4.78, 5) is 4.84. The number of para-hydroxylation sites is 2. The van der Waals surface area contributed by atoms with Gasteiger partial charge < -0.3 is 28.7 Å². The van der Waals surface area contributed by atoms with Crippen LogP contribution in [0.15, 0.2) is 182 Å². The van der Waals surface area contributed by atoms with Crippen LogP contribution in [-0.2, 0) is 11.8 Å². The Morgan fingerprint density at radius 3 is 1.38 bits per heavy atom. The van der Waals surface area contributed by atoms with Gasteiger partial charge in [-0.1, -0.05) is 101 Å². The molecule has 0 amide bonds. The van der Waals surface area contributed by atoms with Crippen molar-refractivity contribution in [2.24, 2.45) is 0 Å². The summed E-state index contributed by atoms with van der Waals surface area (Å²) >= 11 is 4.80. The molecule has 10 heteroatoms. The molecule has 0 saturated heterocycles. The third kappa shape index (κ3) is 7.84. The number of fused-ring (bicyclic) bond motifs is 8. The van der Waals surface area contributed by atoms with Crippen molar-refractivity contribution in [2.75, 3.05) is 9.80 Å². The molecule has 9 aromatic rings. The summed E-state index contributed by atoms with van der Waals surface area (Å²) in [5.74, 6) is 6.21. The Morgan fingerprint density at radius 2 is 0.917 bits per heavy atom. The third-order valence-corrected chi connectivity index (χ3v) is 16.0. The predicted octanol–water partition coefficient (Wildman–Crippen LogP) is 13.9. The van der Waals surface area contributed by atoms with Gasteiger partial charge in [0.2, 0.25) is 0 Å². The van der Waals surface area contributed by atoms with Gasteiger partial charge in [0.15, 0.2) is 0 Å². The first-order valence-corrected chi connectivity index (χ1v) is 27.0. The number of hydrogen-bond acceptors (Lipinski definition) is 6. The molecular weight excluding hydrogens is 1110 g/mol. The van der Waals surface area contributed by atoms with Crippen molar-refractivity contribution < 1.29 is 18.9 Å². The van der Waals surface area contributed by atoms with Crippen LogP contribution in [0.1, 0.15) is 51.7 Å². The van der Waals surface area contributed by atoms with E-state index in [1.54, 1.807) is 0 Å². The molecule has 4 aliphatic heterocycles. The summed E-state index contributed by atoms with van der Waals surface area (Å²) in [7, 11) is 0. The quantitative estimate of drug-likeness (QED) is 0.106. The van der Waals surface area contributed by atoms with Gasteiger partial charge >= 0.3 is 0 Å². The molecule has 72 heavy (non-hydrogen) atoms. The highest BCUT2D eigenvalue weighted by molar-refractivity contribution is 14.1.